The molecule has 3 nitrogen and oxygen atoms in total. The van der Waals surface area contributed by atoms with Crippen LogP contribution in [0.5, 0.6) is 0 Å². The minimum absolute atomic E-state index is 0.169. The van der Waals surface area contributed by atoms with Gasteiger partial charge in [0.25, 0.3) is 0 Å². The molecule has 1 N–H and O–H groups in total. The second kappa shape index (κ2) is 4.09. The summed E-state index contributed by atoms with van der Waals surface area (Å²) in [7, 11) is -3.12. The first-order valence-corrected chi connectivity index (χ1v) is 7.15. The zero-order valence-electron chi connectivity index (χ0n) is 9.60. The van der Waals surface area contributed by atoms with E-state index in [1.807, 2.05) is 24.3 Å². The minimum Gasteiger partial charge on any atom is -0.283 e. The van der Waals surface area contributed by atoms with Crippen LogP contribution in [0, 0.1) is 0 Å². The van der Waals surface area contributed by atoms with Gasteiger partial charge in [-0.1, -0.05) is 26.0 Å². The van der Waals surface area contributed by atoms with Crippen LogP contribution in [0.3, 0.4) is 0 Å². The van der Waals surface area contributed by atoms with Gasteiger partial charge in [-0.2, -0.15) is 0 Å². The van der Waals surface area contributed by atoms with E-state index >= 15 is 0 Å². The Labute approximate surface area is 96.9 Å². The Balaban J connectivity index is 2.10. The number of sulfonamides is 1. The molecule has 88 valence electrons. The molecule has 0 atom stereocenters. The smallest absolute Gasteiger partial charge is 0.235 e. The van der Waals surface area contributed by atoms with Gasteiger partial charge in [0.05, 0.1) is 5.25 Å². The Morgan fingerprint density at radius 1 is 1.19 bits per heavy atom. The maximum Gasteiger partial charge on any atom is 0.235 e. The molecule has 1 aromatic carbocycles. The van der Waals surface area contributed by atoms with E-state index in [1.165, 1.54) is 5.56 Å². The molecule has 1 saturated carbocycles. The highest BCUT2D eigenvalue weighted by Crippen LogP contribution is 2.29. The SMILES string of the molecule is CC(C)c1ccc(NS(=O)(=O)C2CC2)cc1. The average Bonchev–Trinajstić information content (AvgIpc) is 3.01. The lowest BCUT2D eigenvalue weighted by Crippen LogP contribution is -2.17. The summed E-state index contributed by atoms with van der Waals surface area (Å²) >= 11 is 0. The van der Waals surface area contributed by atoms with E-state index in [0.29, 0.717) is 11.6 Å². The van der Waals surface area contributed by atoms with E-state index in [2.05, 4.69) is 18.6 Å². The maximum absolute atomic E-state index is 11.7. The molecule has 0 aromatic heterocycles. The number of hydrogen-bond donors (Lipinski definition) is 1. The van der Waals surface area contributed by atoms with Crippen molar-refractivity contribution in [3.05, 3.63) is 29.8 Å². The lowest BCUT2D eigenvalue weighted by atomic mass is 10.0. The predicted molar refractivity (Wildman–Crippen MR) is 66.1 cm³/mol. The van der Waals surface area contributed by atoms with E-state index in [0.717, 1.165) is 12.8 Å². The van der Waals surface area contributed by atoms with Crippen molar-refractivity contribution >= 4 is 15.7 Å². The molecule has 0 saturated heterocycles. The zero-order chi connectivity index (χ0) is 11.8. The standard InChI is InChI=1S/C12H17NO2S/c1-9(2)10-3-5-11(6-4-10)13-16(14,15)12-7-8-12/h3-6,9,12-13H,7-8H2,1-2H3. The lowest BCUT2D eigenvalue weighted by molar-refractivity contribution is 0.600. The van der Waals surface area contributed by atoms with Crippen molar-refractivity contribution in [3.63, 3.8) is 0 Å². The third kappa shape index (κ3) is 2.55. The summed E-state index contributed by atoms with van der Waals surface area (Å²) in [5.74, 6) is 0.467. The molecule has 1 aliphatic carbocycles. The van der Waals surface area contributed by atoms with Crippen LogP contribution in [0.2, 0.25) is 0 Å². The van der Waals surface area contributed by atoms with Gasteiger partial charge in [-0.25, -0.2) is 8.42 Å². The number of hydrogen-bond acceptors (Lipinski definition) is 2. The van der Waals surface area contributed by atoms with Crippen LogP contribution in [0.15, 0.2) is 24.3 Å². The first-order chi connectivity index (χ1) is 7.49. The van der Waals surface area contributed by atoms with Crippen LogP contribution < -0.4 is 4.72 Å². The van der Waals surface area contributed by atoms with Crippen molar-refractivity contribution in [1.29, 1.82) is 0 Å². The highest BCUT2D eigenvalue weighted by Gasteiger charge is 2.35. The summed E-state index contributed by atoms with van der Waals surface area (Å²) in [4.78, 5) is 0. The van der Waals surface area contributed by atoms with Crippen molar-refractivity contribution in [2.75, 3.05) is 4.72 Å². The number of benzene rings is 1. The summed E-state index contributed by atoms with van der Waals surface area (Å²) in [6, 6.07) is 7.59. The topological polar surface area (TPSA) is 46.2 Å². The highest BCUT2D eigenvalue weighted by atomic mass is 32.2. The van der Waals surface area contributed by atoms with Gasteiger partial charge in [0.2, 0.25) is 10.0 Å². The molecule has 0 aliphatic heterocycles. The van der Waals surface area contributed by atoms with Crippen LogP contribution in [-0.2, 0) is 10.0 Å². The van der Waals surface area contributed by atoms with Crippen LogP contribution in [0.1, 0.15) is 38.2 Å². The third-order valence-corrected chi connectivity index (χ3v) is 4.67. The van der Waals surface area contributed by atoms with Crippen LogP contribution >= 0.6 is 0 Å². The molecule has 4 heteroatoms. The minimum atomic E-state index is -3.12. The quantitative estimate of drug-likeness (QED) is 0.878. The molecular formula is C12H17NO2S. The summed E-state index contributed by atoms with van der Waals surface area (Å²) in [5.41, 5.74) is 1.88. The number of nitrogens with one attached hydrogen (secondary N) is 1. The van der Waals surface area contributed by atoms with Gasteiger partial charge in [-0.05, 0) is 36.5 Å². The van der Waals surface area contributed by atoms with Crippen molar-refractivity contribution in [3.8, 4) is 0 Å². The van der Waals surface area contributed by atoms with Crippen molar-refractivity contribution in [2.24, 2.45) is 0 Å². The molecule has 16 heavy (non-hydrogen) atoms. The van der Waals surface area contributed by atoms with Gasteiger partial charge in [0.15, 0.2) is 0 Å². The molecule has 2 rings (SSSR count). The first-order valence-electron chi connectivity index (χ1n) is 5.60. The monoisotopic (exact) mass is 239 g/mol. The summed E-state index contributed by atoms with van der Waals surface area (Å²) in [6.07, 6.45) is 1.58. The first kappa shape index (κ1) is 11.5. The summed E-state index contributed by atoms with van der Waals surface area (Å²) in [6.45, 7) is 4.23. The molecule has 0 bridgehead atoms. The Bertz CT molecular complexity index is 458. The van der Waals surface area contributed by atoms with E-state index in [-0.39, 0.29) is 5.25 Å². The molecular weight excluding hydrogens is 222 g/mol. The van der Waals surface area contributed by atoms with E-state index in [4.69, 9.17) is 0 Å². The van der Waals surface area contributed by atoms with Gasteiger partial charge >= 0.3 is 0 Å². The number of anilines is 1. The van der Waals surface area contributed by atoms with Crippen molar-refractivity contribution in [2.45, 2.75) is 37.9 Å². The second-order valence-electron chi connectivity index (χ2n) is 4.62. The van der Waals surface area contributed by atoms with E-state index in [9.17, 15) is 8.42 Å². The molecule has 0 radical (unpaired) electrons. The highest BCUT2D eigenvalue weighted by molar-refractivity contribution is 7.93. The molecule has 1 aromatic rings. The van der Waals surface area contributed by atoms with Crippen molar-refractivity contribution in [1.82, 2.24) is 0 Å². The Morgan fingerprint density at radius 3 is 2.19 bits per heavy atom. The van der Waals surface area contributed by atoms with Gasteiger partial charge < -0.3 is 0 Å². The Hall–Kier alpha value is -1.03. The normalized spacial score (nSPS) is 16.4. The van der Waals surface area contributed by atoms with Gasteiger partial charge in [-0.3, -0.25) is 4.72 Å². The van der Waals surface area contributed by atoms with Gasteiger partial charge in [-0.15, -0.1) is 0 Å². The average molecular weight is 239 g/mol. The molecule has 0 heterocycles. The zero-order valence-corrected chi connectivity index (χ0v) is 10.4. The van der Waals surface area contributed by atoms with Crippen LogP contribution in [0.25, 0.3) is 0 Å². The van der Waals surface area contributed by atoms with Gasteiger partial charge in [0.1, 0.15) is 0 Å². The fourth-order valence-electron chi connectivity index (χ4n) is 1.56. The second-order valence-corrected chi connectivity index (χ2v) is 6.58. The Morgan fingerprint density at radius 2 is 1.75 bits per heavy atom. The molecule has 0 spiro atoms. The summed E-state index contributed by atoms with van der Waals surface area (Å²) < 4.78 is 26.0. The lowest BCUT2D eigenvalue weighted by Gasteiger charge is -2.09. The fourth-order valence-corrected chi connectivity index (χ4v) is 2.95. The van der Waals surface area contributed by atoms with Crippen LogP contribution in [-0.4, -0.2) is 13.7 Å². The number of rotatable bonds is 4. The fraction of sp³-hybridized carbons (Fsp3) is 0.500. The molecule has 0 amide bonds. The molecule has 0 unspecified atom stereocenters. The predicted octanol–water partition coefficient (Wildman–Crippen LogP) is 2.71. The summed E-state index contributed by atoms with van der Waals surface area (Å²) in [5, 5.41) is -0.169. The Kier molecular flexibility index (Phi) is 2.93. The molecule has 1 aliphatic rings. The van der Waals surface area contributed by atoms with E-state index in [1.54, 1.807) is 0 Å². The van der Waals surface area contributed by atoms with Gasteiger partial charge in [0, 0.05) is 5.69 Å². The van der Waals surface area contributed by atoms with Crippen molar-refractivity contribution < 1.29 is 8.42 Å². The third-order valence-electron chi connectivity index (χ3n) is 2.80. The van der Waals surface area contributed by atoms with Crippen LogP contribution in [0.4, 0.5) is 5.69 Å². The molecule has 1 fully saturated rings. The largest absolute Gasteiger partial charge is 0.283 e. The van der Waals surface area contributed by atoms with E-state index < -0.39 is 10.0 Å². The maximum atomic E-state index is 11.7.